The molecule has 1 aromatic rings. The Kier molecular flexibility index (Phi) is 5.91. The predicted molar refractivity (Wildman–Crippen MR) is 83.2 cm³/mol. The summed E-state index contributed by atoms with van der Waals surface area (Å²) in [6.45, 7) is 5.80. The van der Waals surface area contributed by atoms with E-state index in [-0.39, 0.29) is 0 Å². The second-order valence-electron chi connectivity index (χ2n) is 5.97. The fourth-order valence-corrected chi connectivity index (χ4v) is 3.56. The Morgan fingerprint density at radius 1 is 0.947 bits per heavy atom. The third-order valence-corrected chi connectivity index (χ3v) is 4.46. The Morgan fingerprint density at radius 2 is 1.53 bits per heavy atom. The van der Waals surface area contributed by atoms with Crippen molar-refractivity contribution < 1.29 is 0 Å². The summed E-state index contributed by atoms with van der Waals surface area (Å²) in [5.41, 5.74) is 1.48. The summed E-state index contributed by atoms with van der Waals surface area (Å²) in [6, 6.07) is 12.6. The molecule has 19 heavy (non-hydrogen) atoms. The van der Waals surface area contributed by atoms with E-state index >= 15 is 0 Å². The van der Waals surface area contributed by atoms with E-state index in [2.05, 4.69) is 49.1 Å². The fourth-order valence-electron chi connectivity index (χ4n) is 3.56. The van der Waals surface area contributed by atoms with Gasteiger partial charge in [0, 0.05) is 18.6 Å². The van der Waals surface area contributed by atoms with Crippen LogP contribution in [0.1, 0.15) is 64.4 Å². The lowest BCUT2D eigenvalue weighted by Gasteiger charge is -2.42. The number of nitrogens with zero attached hydrogens (tertiary/aromatic N) is 1. The van der Waals surface area contributed by atoms with Gasteiger partial charge in [-0.2, -0.15) is 0 Å². The van der Waals surface area contributed by atoms with Crippen molar-refractivity contribution >= 4 is 0 Å². The molecule has 1 saturated heterocycles. The lowest BCUT2D eigenvalue weighted by atomic mass is 9.90. The van der Waals surface area contributed by atoms with Gasteiger partial charge in [0.2, 0.25) is 0 Å². The van der Waals surface area contributed by atoms with Gasteiger partial charge >= 0.3 is 0 Å². The van der Waals surface area contributed by atoms with Gasteiger partial charge in [0.15, 0.2) is 0 Å². The molecule has 0 saturated carbocycles. The molecular formula is C18H29N. The lowest BCUT2D eigenvalue weighted by molar-refractivity contribution is 0.0633. The van der Waals surface area contributed by atoms with Gasteiger partial charge in [-0.15, -0.1) is 0 Å². The van der Waals surface area contributed by atoms with Gasteiger partial charge in [0.1, 0.15) is 0 Å². The normalized spacial score (nSPS) is 24.5. The van der Waals surface area contributed by atoms with Crippen LogP contribution in [0.15, 0.2) is 30.3 Å². The monoisotopic (exact) mass is 259 g/mol. The first-order chi connectivity index (χ1) is 9.35. The number of hydrogen-bond acceptors (Lipinski definition) is 1. The van der Waals surface area contributed by atoms with Crippen molar-refractivity contribution in [2.45, 2.75) is 77.4 Å². The highest BCUT2D eigenvalue weighted by Gasteiger charge is 2.29. The number of rotatable bonds is 6. The number of benzene rings is 1. The van der Waals surface area contributed by atoms with E-state index in [4.69, 9.17) is 0 Å². The van der Waals surface area contributed by atoms with Crippen molar-refractivity contribution in [1.29, 1.82) is 0 Å². The molecule has 0 bridgehead atoms. The first-order valence-corrected chi connectivity index (χ1v) is 8.14. The highest BCUT2D eigenvalue weighted by atomic mass is 15.2. The minimum absolute atomic E-state index is 0.815. The summed E-state index contributed by atoms with van der Waals surface area (Å²) in [7, 11) is 0. The maximum atomic E-state index is 2.81. The Labute approximate surface area is 119 Å². The van der Waals surface area contributed by atoms with Gasteiger partial charge in [-0.1, -0.05) is 63.4 Å². The molecule has 0 aromatic heterocycles. The van der Waals surface area contributed by atoms with Crippen LogP contribution in [0.25, 0.3) is 0 Å². The van der Waals surface area contributed by atoms with E-state index in [1.54, 1.807) is 0 Å². The van der Waals surface area contributed by atoms with Crippen molar-refractivity contribution in [1.82, 2.24) is 4.90 Å². The molecule has 2 atom stereocenters. The van der Waals surface area contributed by atoms with E-state index < -0.39 is 0 Å². The van der Waals surface area contributed by atoms with Crippen LogP contribution in [-0.2, 0) is 6.54 Å². The highest BCUT2D eigenvalue weighted by molar-refractivity contribution is 5.15. The van der Waals surface area contributed by atoms with E-state index in [1.165, 1.54) is 50.5 Å². The molecule has 106 valence electrons. The van der Waals surface area contributed by atoms with Crippen LogP contribution in [0.5, 0.6) is 0 Å². The summed E-state index contributed by atoms with van der Waals surface area (Å²) in [6.07, 6.45) is 9.60. The zero-order valence-corrected chi connectivity index (χ0v) is 12.6. The van der Waals surface area contributed by atoms with Crippen LogP contribution >= 0.6 is 0 Å². The van der Waals surface area contributed by atoms with Gasteiger partial charge in [0.05, 0.1) is 0 Å². The van der Waals surface area contributed by atoms with Gasteiger partial charge in [-0.25, -0.2) is 0 Å². The van der Waals surface area contributed by atoms with Crippen molar-refractivity contribution in [2.24, 2.45) is 0 Å². The van der Waals surface area contributed by atoms with Crippen LogP contribution in [0.4, 0.5) is 0 Å². The molecule has 0 N–H and O–H groups in total. The average molecular weight is 259 g/mol. The standard InChI is InChI=1S/C18H29N/c1-3-9-17-13-8-14-18(10-4-2)19(17)15-16-11-6-5-7-12-16/h5-7,11-12,17-18H,3-4,8-10,13-15H2,1-2H3. The van der Waals surface area contributed by atoms with Gasteiger partial charge in [-0.3, -0.25) is 4.90 Å². The topological polar surface area (TPSA) is 3.24 Å². The first-order valence-electron chi connectivity index (χ1n) is 8.14. The molecule has 1 nitrogen and oxygen atoms in total. The van der Waals surface area contributed by atoms with Crippen LogP contribution in [0.3, 0.4) is 0 Å². The van der Waals surface area contributed by atoms with E-state index in [0.717, 1.165) is 18.6 Å². The zero-order chi connectivity index (χ0) is 13.5. The Hall–Kier alpha value is -0.820. The summed E-state index contributed by atoms with van der Waals surface area (Å²) < 4.78 is 0. The highest BCUT2D eigenvalue weighted by Crippen LogP contribution is 2.29. The quantitative estimate of drug-likeness (QED) is 0.694. The van der Waals surface area contributed by atoms with Crippen molar-refractivity contribution in [3.63, 3.8) is 0 Å². The Morgan fingerprint density at radius 3 is 2.05 bits per heavy atom. The SMILES string of the molecule is CCCC1CCCC(CCC)N1Cc1ccccc1. The molecule has 0 amide bonds. The zero-order valence-electron chi connectivity index (χ0n) is 12.6. The first kappa shape index (κ1) is 14.6. The largest absolute Gasteiger partial charge is 0.293 e. The average Bonchev–Trinajstić information content (AvgIpc) is 2.44. The maximum Gasteiger partial charge on any atom is 0.0239 e. The summed E-state index contributed by atoms with van der Waals surface area (Å²) >= 11 is 0. The third-order valence-electron chi connectivity index (χ3n) is 4.46. The summed E-state index contributed by atoms with van der Waals surface area (Å²) in [5.74, 6) is 0. The minimum Gasteiger partial charge on any atom is -0.293 e. The smallest absolute Gasteiger partial charge is 0.0239 e. The number of piperidine rings is 1. The molecule has 2 rings (SSSR count). The molecule has 1 aliphatic rings. The van der Waals surface area contributed by atoms with Crippen molar-refractivity contribution in [2.75, 3.05) is 0 Å². The van der Waals surface area contributed by atoms with Crippen LogP contribution in [-0.4, -0.2) is 17.0 Å². The molecule has 1 heterocycles. The summed E-state index contributed by atoms with van der Waals surface area (Å²) in [5, 5.41) is 0. The Balaban J connectivity index is 2.08. The van der Waals surface area contributed by atoms with E-state index in [0.29, 0.717) is 0 Å². The van der Waals surface area contributed by atoms with Crippen molar-refractivity contribution in [3.8, 4) is 0 Å². The maximum absolute atomic E-state index is 2.81. The molecule has 1 heteroatoms. The fraction of sp³-hybridized carbons (Fsp3) is 0.667. The second kappa shape index (κ2) is 7.69. The second-order valence-corrected chi connectivity index (χ2v) is 5.97. The summed E-state index contributed by atoms with van der Waals surface area (Å²) in [4.78, 5) is 2.81. The molecule has 1 aliphatic heterocycles. The van der Waals surface area contributed by atoms with Crippen LogP contribution in [0, 0.1) is 0 Å². The number of likely N-dealkylation sites (tertiary alicyclic amines) is 1. The Bertz CT molecular complexity index is 328. The lowest BCUT2D eigenvalue weighted by Crippen LogP contribution is -2.45. The van der Waals surface area contributed by atoms with E-state index in [1.807, 2.05) is 0 Å². The molecule has 0 spiro atoms. The predicted octanol–water partition coefficient (Wildman–Crippen LogP) is 5.01. The van der Waals surface area contributed by atoms with Crippen LogP contribution < -0.4 is 0 Å². The molecular weight excluding hydrogens is 230 g/mol. The molecule has 0 aliphatic carbocycles. The molecule has 1 fully saturated rings. The minimum atomic E-state index is 0.815. The molecule has 2 unspecified atom stereocenters. The van der Waals surface area contributed by atoms with E-state index in [9.17, 15) is 0 Å². The third kappa shape index (κ3) is 4.07. The van der Waals surface area contributed by atoms with Crippen LogP contribution in [0.2, 0.25) is 0 Å². The molecule has 0 radical (unpaired) electrons. The number of hydrogen-bond donors (Lipinski definition) is 0. The molecule has 1 aromatic carbocycles. The van der Waals surface area contributed by atoms with Gasteiger partial charge in [0.25, 0.3) is 0 Å². The van der Waals surface area contributed by atoms with Gasteiger partial charge < -0.3 is 0 Å². The van der Waals surface area contributed by atoms with Gasteiger partial charge in [-0.05, 0) is 31.2 Å². The van der Waals surface area contributed by atoms with Crippen molar-refractivity contribution in [3.05, 3.63) is 35.9 Å².